The van der Waals surface area contributed by atoms with Gasteiger partial charge in [0, 0.05) is 23.5 Å². The van der Waals surface area contributed by atoms with Gasteiger partial charge in [0.05, 0.1) is 6.61 Å². The Balaban J connectivity index is 2.10. The fourth-order valence-corrected chi connectivity index (χ4v) is 2.93. The van der Waals surface area contributed by atoms with Gasteiger partial charge in [0.15, 0.2) is 0 Å². The minimum Gasteiger partial charge on any atom is -0.493 e. The van der Waals surface area contributed by atoms with E-state index in [1.807, 2.05) is 12.1 Å². The summed E-state index contributed by atoms with van der Waals surface area (Å²) in [7, 11) is 0. The number of ether oxygens (including phenoxy) is 1. The van der Waals surface area contributed by atoms with E-state index in [0.29, 0.717) is 0 Å². The highest BCUT2D eigenvalue weighted by molar-refractivity contribution is 8.00. The lowest BCUT2D eigenvalue weighted by Crippen LogP contribution is -2.40. The first-order valence-electron chi connectivity index (χ1n) is 4.85. The zero-order valence-corrected chi connectivity index (χ0v) is 8.64. The van der Waals surface area contributed by atoms with Gasteiger partial charge in [-0.25, -0.2) is 0 Å². The van der Waals surface area contributed by atoms with E-state index in [4.69, 9.17) is 4.74 Å². The van der Waals surface area contributed by atoms with Crippen molar-refractivity contribution >= 4 is 11.8 Å². The summed E-state index contributed by atoms with van der Waals surface area (Å²) in [6.45, 7) is 0.759. The molecule has 0 atom stereocenters. The Kier molecular flexibility index (Phi) is 1.79. The third-order valence-electron chi connectivity index (χ3n) is 2.90. The monoisotopic (exact) mass is 208 g/mol. The Morgan fingerprint density at radius 2 is 2.21 bits per heavy atom. The molecule has 0 radical (unpaired) electrons. The summed E-state index contributed by atoms with van der Waals surface area (Å²) < 4.78 is 5.58. The first-order chi connectivity index (χ1) is 6.80. The summed E-state index contributed by atoms with van der Waals surface area (Å²) in [6, 6.07) is 6.09. The highest BCUT2D eigenvalue weighted by Gasteiger charge is 2.40. The fraction of sp³-hybridized carbons (Fsp3) is 0.455. The number of fused-ring (bicyclic) bond motifs is 1. The summed E-state index contributed by atoms with van der Waals surface area (Å²) in [5.41, 5.74) is 1.61. The van der Waals surface area contributed by atoms with E-state index in [2.05, 4.69) is 6.07 Å². The van der Waals surface area contributed by atoms with Crippen LogP contribution in [0, 0.1) is 0 Å². The van der Waals surface area contributed by atoms with E-state index >= 15 is 0 Å². The molecular formula is C11H12O2S. The third kappa shape index (κ3) is 1.09. The van der Waals surface area contributed by atoms with E-state index < -0.39 is 5.60 Å². The summed E-state index contributed by atoms with van der Waals surface area (Å²) in [6.07, 6.45) is 0.979. The van der Waals surface area contributed by atoms with Gasteiger partial charge in [-0.05, 0) is 5.56 Å². The first-order valence-corrected chi connectivity index (χ1v) is 6.00. The Labute approximate surface area is 87.3 Å². The Bertz CT molecular complexity index is 372. The second-order valence-corrected chi connectivity index (χ2v) is 4.90. The molecule has 2 aliphatic heterocycles. The molecule has 0 bridgehead atoms. The molecule has 14 heavy (non-hydrogen) atoms. The third-order valence-corrected chi connectivity index (χ3v) is 4.26. The van der Waals surface area contributed by atoms with Crippen molar-refractivity contribution in [2.75, 3.05) is 18.1 Å². The normalized spacial score (nSPS) is 22.4. The van der Waals surface area contributed by atoms with Crippen molar-refractivity contribution < 1.29 is 9.84 Å². The quantitative estimate of drug-likeness (QED) is 0.759. The maximum absolute atomic E-state index is 10.2. The van der Waals surface area contributed by atoms with Crippen molar-refractivity contribution in [1.82, 2.24) is 0 Å². The number of hydrogen-bond acceptors (Lipinski definition) is 3. The molecule has 0 aliphatic carbocycles. The molecule has 2 nitrogen and oxygen atoms in total. The second-order valence-electron chi connectivity index (χ2n) is 3.92. The van der Waals surface area contributed by atoms with Gasteiger partial charge in [0.25, 0.3) is 0 Å². The average molecular weight is 208 g/mol. The first kappa shape index (κ1) is 8.62. The van der Waals surface area contributed by atoms with Gasteiger partial charge in [-0.1, -0.05) is 18.2 Å². The summed E-state index contributed by atoms with van der Waals surface area (Å²) in [4.78, 5) is 0. The molecule has 1 N–H and O–H groups in total. The van der Waals surface area contributed by atoms with Crippen molar-refractivity contribution in [3.8, 4) is 5.75 Å². The van der Waals surface area contributed by atoms with E-state index in [1.54, 1.807) is 11.8 Å². The van der Waals surface area contributed by atoms with Gasteiger partial charge in [-0.15, -0.1) is 0 Å². The van der Waals surface area contributed by atoms with Crippen LogP contribution < -0.4 is 4.74 Å². The van der Waals surface area contributed by atoms with Crippen LogP contribution in [-0.2, 0) is 12.0 Å². The molecule has 1 aromatic carbocycles. The highest BCUT2D eigenvalue weighted by Crippen LogP contribution is 2.44. The van der Waals surface area contributed by atoms with Crippen LogP contribution in [0.4, 0.5) is 0 Å². The van der Waals surface area contributed by atoms with Gasteiger partial charge in [-0.2, -0.15) is 11.8 Å². The van der Waals surface area contributed by atoms with Crippen LogP contribution in [-0.4, -0.2) is 23.2 Å². The van der Waals surface area contributed by atoms with Crippen LogP contribution in [0.5, 0.6) is 5.75 Å². The van der Waals surface area contributed by atoms with Crippen molar-refractivity contribution in [2.45, 2.75) is 12.0 Å². The van der Waals surface area contributed by atoms with Gasteiger partial charge in [0.2, 0.25) is 0 Å². The molecule has 0 saturated carbocycles. The molecular weight excluding hydrogens is 196 g/mol. The van der Waals surface area contributed by atoms with Crippen molar-refractivity contribution in [3.63, 3.8) is 0 Å². The minimum absolute atomic E-state index is 0.625. The molecule has 2 heterocycles. The zero-order valence-electron chi connectivity index (χ0n) is 7.82. The smallest absolute Gasteiger partial charge is 0.128 e. The summed E-state index contributed by atoms with van der Waals surface area (Å²) in [5.74, 6) is 2.54. The maximum Gasteiger partial charge on any atom is 0.128 e. The molecule has 0 amide bonds. The maximum atomic E-state index is 10.2. The van der Waals surface area contributed by atoms with Crippen LogP contribution in [0.15, 0.2) is 18.2 Å². The number of thioether (sulfide) groups is 1. The summed E-state index contributed by atoms with van der Waals surface area (Å²) >= 11 is 1.78. The lowest BCUT2D eigenvalue weighted by Gasteiger charge is -2.37. The van der Waals surface area contributed by atoms with Crippen molar-refractivity contribution in [2.24, 2.45) is 0 Å². The molecule has 1 aromatic rings. The lowest BCUT2D eigenvalue weighted by molar-refractivity contribution is 0.0738. The molecule has 3 heteroatoms. The van der Waals surface area contributed by atoms with E-state index in [0.717, 1.165) is 35.8 Å². The Hall–Kier alpha value is -0.670. The highest BCUT2D eigenvalue weighted by atomic mass is 32.2. The number of hydrogen-bond donors (Lipinski definition) is 1. The SMILES string of the molecule is OC1(c2cccc3c2OCC3)CSC1. The van der Waals surface area contributed by atoms with Crippen LogP contribution >= 0.6 is 11.8 Å². The molecule has 0 spiro atoms. The molecule has 1 saturated heterocycles. The standard InChI is InChI=1S/C11H12O2S/c12-11(6-14-7-11)9-3-1-2-8-4-5-13-10(8)9/h1-3,12H,4-7H2. The van der Waals surface area contributed by atoms with Crippen LogP contribution in [0.2, 0.25) is 0 Å². The largest absolute Gasteiger partial charge is 0.493 e. The van der Waals surface area contributed by atoms with Crippen LogP contribution in [0.3, 0.4) is 0 Å². The molecule has 0 unspecified atom stereocenters. The minimum atomic E-state index is -0.625. The van der Waals surface area contributed by atoms with Crippen molar-refractivity contribution in [3.05, 3.63) is 29.3 Å². The fourth-order valence-electron chi connectivity index (χ4n) is 2.03. The zero-order chi connectivity index (χ0) is 9.60. The van der Waals surface area contributed by atoms with E-state index in [-0.39, 0.29) is 0 Å². The van der Waals surface area contributed by atoms with Gasteiger partial charge < -0.3 is 9.84 Å². The van der Waals surface area contributed by atoms with E-state index in [9.17, 15) is 5.11 Å². The number of benzene rings is 1. The molecule has 74 valence electrons. The van der Waals surface area contributed by atoms with Gasteiger partial charge >= 0.3 is 0 Å². The van der Waals surface area contributed by atoms with Gasteiger partial charge in [0.1, 0.15) is 11.4 Å². The van der Waals surface area contributed by atoms with Crippen LogP contribution in [0.1, 0.15) is 11.1 Å². The van der Waals surface area contributed by atoms with Gasteiger partial charge in [-0.3, -0.25) is 0 Å². The topological polar surface area (TPSA) is 29.5 Å². The van der Waals surface area contributed by atoms with Crippen LogP contribution in [0.25, 0.3) is 0 Å². The van der Waals surface area contributed by atoms with Crippen molar-refractivity contribution in [1.29, 1.82) is 0 Å². The average Bonchev–Trinajstić information content (AvgIpc) is 2.61. The molecule has 2 aliphatic rings. The Morgan fingerprint density at radius 1 is 1.36 bits per heavy atom. The second kappa shape index (κ2) is 2.91. The lowest BCUT2D eigenvalue weighted by atomic mass is 9.94. The van der Waals surface area contributed by atoms with E-state index in [1.165, 1.54) is 5.56 Å². The number of rotatable bonds is 1. The predicted octanol–water partition coefficient (Wildman–Crippen LogP) is 1.56. The number of para-hydroxylation sites is 1. The predicted molar refractivity (Wildman–Crippen MR) is 56.9 cm³/mol. The molecule has 1 fully saturated rings. The molecule has 0 aromatic heterocycles. The molecule has 3 rings (SSSR count). The number of aliphatic hydroxyl groups is 1. The Morgan fingerprint density at radius 3 is 2.93 bits per heavy atom. The summed E-state index contributed by atoms with van der Waals surface area (Å²) in [5, 5.41) is 10.2.